The highest BCUT2D eigenvalue weighted by Crippen LogP contribution is 2.29. The van der Waals surface area contributed by atoms with Crippen molar-refractivity contribution in [2.45, 2.75) is 18.4 Å². The van der Waals surface area contributed by atoms with Crippen molar-refractivity contribution >= 4 is 23.7 Å². The van der Waals surface area contributed by atoms with Crippen molar-refractivity contribution in [1.82, 2.24) is 15.1 Å². The molecule has 9 heteroatoms. The lowest BCUT2D eigenvalue weighted by Gasteiger charge is -2.37. The van der Waals surface area contributed by atoms with Crippen molar-refractivity contribution in [3.63, 3.8) is 0 Å². The Kier molecular flexibility index (Phi) is 5.08. The van der Waals surface area contributed by atoms with Crippen LogP contribution in [0.25, 0.3) is 0 Å². The molecule has 3 heterocycles. The first-order valence-electron chi connectivity index (χ1n) is 9.55. The molecule has 0 bridgehead atoms. The molecular weight excluding hydrogens is 364 g/mol. The van der Waals surface area contributed by atoms with Crippen LogP contribution in [0, 0.1) is 0 Å². The smallest absolute Gasteiger partial charge is 0.407 e. The van der Waals surface area contributed by atoms with E-state index in [1.165, 1.54) is 0 Å². The maximum Gasteiger partial charge on any atom is 0.407 e. The number of likely N-dealkylation sites (tertiary alicyclic amines) is 1. The number of hydrogen-bond donors (Lipinski definition) is 2. The first-order valence-corrected chi connectivity index (χ1v) is 9.55. The minimum Gasteiger partial charge on any atom is -0.441 e. The molecule has 0 atom stereocenters. The van der Waals surface area contributed by atoms with Gasteiger partial charge >= 0.3 is 12.1 Å². The van der Waals surface area contributed by atoms with Crippen LogP contribution in [-0.2, 0) is 9.47 Å². The third-order valence-electron chi connectivity index (χ3n) is 5.51. The molecule has 3 aliphatic rings. The van der Waals surface area contributed by atoms with E-state index in [4.69, 9.17) is 9.47 Å². The number of piperidine rings is 1. The lowest BCUT2D eigenvalue weighted by Crippen LogP contribution is -2.49. The summed E-state index contributed by atoms with van der Waals surface area (Å²) in [5.74, 6) is -0.0257. The lowest BCUT2D eigenvalue weighted by molar-refractivity contribution is 0.0110. The van der Waals surface area contributed by atoms with E-state index in [1.54, 1.807) is 34.1 Å². The second-order valence-electron chi connectivity index (χ2n) is 7.33. The number of amides is 4. The average Bonchev–Trinajstić information content (AvgIpc) is 3.09. The summed E-state index contributed by atoms with van der Waals surface area (Å²) >= 11 is 0. The Hall–Kier alpha value is -2.81. The topological polar surface area (TPSA) is 100 Å². The first-order chi connectivity index (χ1) is 13.5. The van der Waals surface area contributed by atoms with Crippen LogP contribution in [0.3, 0.4) is 0 Å². The van der Waals surface area contributed by atoms with Gasteiger partial charge in [-0.25, -0.2) is 9.59 Å². The molecule has 28 heavy (non-hydrogen) atoms. The van der Waals surface area contributed by atoms with E-state index < -0.39 is 5.60 Å². The Labute approximate surface area is 162 Å². The summed E-state index contributed by atoms with van der Waals surface area (Å²) in [5, 5.41) is 5.55. The minimum atomic E-state index is -0.477. The zero-order valence-electron chi connectivity index (χ0n) is 15.6. The number of hydrogen-bond acceptors (Lipinski definition) is 5. The van der Waals surface area contributed by atoms with Crippen LogP contribution in [0.2, 0.25) is 0 Å². The van der Waals surface area contributed by atoms with E-state index in [9.17, 15) is 14.4 Å². The number of urea groups is 1. The van der Waals surface area contributed by atoms with Gasteiger partial charge in [-0.15, -0.1) is 0 Å². The normalized spacial score (nSPS) is 21.2. The molecule has 1 aromatic rings. The van der Waals surface area contributed by atoms with Crippen molar-refractivity contribution in [1.29, 1.82) is 0 Å². The van der Waals surface area contributed by atoms with E-state index in [2.05, 4.69) is 10.6 Å². The number of ether oxygens (including phenoxy) is 2. The maximum absolute atomic E-state index is 12.5. The van der Waals surface area contributed by atoms with Crippen LogP contribution in [0.5, 0.6) is 0 Å². The number of nitrogens with zero attached hydrogens (tertiary/aromatic N) is 2. The number of carbonyl (C=O) groups excluding carboxylic acids is 3. The largest absolute Gasteiger partial charge is 0.441 e. The zero-order valence-corrected chi connectivity index (χ0v) is 15.6. The SMILES string of the molecule is O=C1NCC2(CCN(C(=O)Nc3ccc(C(=O)N4CCOCC4)cc3)CC2)O1. The Morgan fingerprint density at radius 3 is 2.29 bits per heavy atom. The summed E-state index contributed by atoms with van der Waals surface area (Å²) in [6, 6.07) is 6.73. The highest BCUT2D eigenvalue weighted by molar-refractivity contribution is 5.95. The van der Waals surface area contributed by atoms with Crippen LogP contribution in [0.15, 0.2) is 24.3 Å². The van der Waals surface area contributed by atoms with E-state index in [1.807, 2.05) is 0 Å². The van der Waals surface area contributed by atoms with Crippen LogP contribution in [0.1, 0.15) is 23.2 Å². The predicted molar refractivity (Wildman–Crippen MR) is 100 cm³/mol. The number of alkyl carbamates (subject to hydrolysis) is 1. The van der Waals surface area contributed by atoms with Crippen LogP contribution in [0.4, 0.5) is 15.3 Å². The van der Waals surface area contributed by atoms with E-state index in [-0.39, 0.29) is 18.0 Å². The summed E-state index contributed by atoms with van der Waals surface area (Å²) < 4.78 is 10.6. The number of benzene rings is 1. The second-order valence-corrected chi connectivity index (χ2v) is 7.33. The number of rotatable bonds is 2. The van der Waals surface area contributed by atoms with Gasteiger partial charge in [0.15, 0.2) is 0 Å². The van der Waals surface area contributed by atoms with Gasteiger partial charge in [0.1, 0.15) is 5.60 Å². The summed E-state index contributed by atoms with van der Waals surface area (Å²) in [6.45, 7) is 3.86. The molecule has 1 aromatic carbocycles. The molecule has 3 fully saturated rings. The molecule has 150 valence electrons. The molecule has 0 aliphatic carbocycles. The molecule has 4 rings (SSSR count). The molecule has 1 spiro atoms. The Morgan fingerprint density at radius 2 is 1.68 bits per heavy atom. The van der Waals surface area contributed by atoms with Gasteiger partial charge in [-0.2, -0.15) is 0 Å². The average molecular weight is 388 g/mol. The molecule has 4 amide bonds. The second kappa shape index (κ2) is 7.67. The van der Waals surface area contributed by atoms with Crippen molar-refractivity contribution in [2.75, 3.05) is 51.3 Å². The molecule has 0 radical (unpaired) electrons. The van der Waals surface area contributed by atoms with Gasteiger partial charge in [-0.05, 0) is 24.3 Å². The quantitative estimate of drug-likeness (QED) is 0.795. The highest BCUT2D eigenvalue weighted by Gasteiger charge is 2.43. The van der Waals surface area contributed by atoms with Gasteiger partial charge in [0.25, 0.3) is 5.91 Å². The Morgan fingerprint density at radius 1 is 1.00 bits per heavy atom. The molecule has 0 unspecified atom stereocenters. The van der Waals surface area contributed by atoms with Gasteiger partial charge in [0.2, 0.25) is 0 Å². The predicted octanol–water partition coefficient (Wildman–Crippen LogP) is 1.27. The number of morpholine rings is 1. The fraction of sp³-hybridized carbons (Fsp3) is 0.526. The third kappa shape index (κ3) is 3.89. The molecule has 3 saturated heterocycles. The fourth-order valence-electron chi connectivity index (χ4n) is 3.75. The van der Waals surface area contributed by atoms with Crippen molar-refractivity contribution in [3.05, 3.63) is 29.8 Å². The van der Waals surface area contributed by atoms with Crippen LogP contribution < -0.4 is 10.6 Å². The summed E-state index contributed by atoms with van der Waals surface area (Å²) in [4.78, 5) is 39.7. The van der Waals surface area contributed by atoms with Gasteiger partial charge in [0.05, 0.1) is 19.8 Å². The van der Waals surface area contributed by atoms with Crippen LogP contribution >= 0.6 is 0 Å². The molecule has 0 aromatic heterocycles. The monoisotopic (exact) mass is 388 g/mol. The first kappa shape index (κ1) is 18.5. The van der Waals surface area contributed by atoms with Gasteiger partial charge in [0, 0.05) is 50.3 Å². The number of nitrogens with one attached hydrogen (secondary N) is 2. The molecule has 3 aliphatic heterocycles. The third-order valence-corrected chi connectivity index (χ3v) is 5.51. The summed E-state index contributed by atoms with van der Waals surface area (Å²) in [5.41, 5.74) is 0.753. The Balaban J connectivity index is 1.30. The number of anilines is 1. The molecular formula is C19H24N4O5. The molecule has 9 nitrogen and oxygen atoms in total. The summed E-state index contributed by atoms with van der Waals surface area (Å²) in [6.07, 6.45) is 0.850. The summed E-state index contributed by atoms with van der Waals surface area (Å²) in [7, 11) is 0. The van der Waals surface area contributed by atoms with Gasteiger partial charge in [-0.1, -0.05) is 0 Å². The van der Waals surface area contributed by atoms with Gasteiger partial charge < -0.3 is 29.9 Å². The standard InChI is InChI=1S/C19H24N4O5/c24-16(22-9-11-27-12-10-22)14-1-3-15(4-2-14)21-17(25)23-7-5-19(6-8-23)13-20-18(26)28-19/h1-4H,5-13H2,(H,20,26)(H,21,25). The fourth-order valence-corrected chi connectivity index (χ4v) is 3.75. The zero-order chi connectivity index (χ0) is 19.6. The van der Waals surface area contributed by atoms with E-state index >= 15 is 0 Å². The molecule has 0 saturated carbocycles. The Bertz CT molecular complexity index is 752. The van der Waals surface area contributed by atoms with Crippen molar-refractivity contribution < 1.29 is 23.9 Å². The van der Waals surface area contributed by atoms with Crippen LogP contribution in [-0.4, -0.2) is 79.4 Å². The maximum atomic E-state index is 12.5. The van der Waals surface area contributed by atoms with E-state index in [0.717, 1.165) is 0 Å². The van der Waals surface area contributed by atoms with Gasteiger partial charge in [-0.3, -0.25) is 4.79 Å². The van der Waals surface area contributed by atoms with E-state index in [0.29, 0.717) is 70.0 Å². The highest BCUT2D eigenvalue weighted by atomic mass is 16.6. The number of carbonyl (C=O) groups is 3. The van der Waals surface area contributed by atoms with Crippen molar-refractivity contribution in [3.8, 4) is 0 Å². The lowest BCUT2D eigenvalue weighted by atomic mass is 9.92. The van der Waals surface area contributed by atoms with Crippen molar-refractivity contribution in [2.24, 2.45) is 0 Å². The molecule has 2 N–H and O–H groups in total. The minimum absolute atomic E-state index is 0.0257.